The van der Waals surface area contributed by atoms with Crippen LogP contribution in [0.1, 0.15) is 12.8 Å². The van der Waals surface area contributed by atoms with E-state index in [-0.39, 0.29) is 0 Å². The third-order valence-electron chi connectivity index (χ3n) is 2.10. The van der Waals surface area contributed by atoms with Gasteiger partial charge >= 0.3 is 5.97 Å². The topological polar surface area (TPSA) is 92.4 Å². The number of carbonyl (C=O) groups excluding carboxylic acids is 1. The van der Waals surface area contributed by atoms with Crippen molar-refractivity contribution in [2.75, 3.05) is 6.54 Å². The summed E-state index contributed by atoms with van der Waals surface area (Å²) in [7, 11) is 0. The summed E-state index contributed by atoms with van der Waals surface area (Å²) in [4.78, 5) is 21.2. The highest BCUT2D eigenvalue weighted by Gasteiger charge is 2.29. The molecule has 1 saturated heterocycles. The second-order valence-corrected chi connectivity index (χ2v) is 2.97. The van der Waals surface area contributed by atoms with Crippen LogP contribution in [0.3, 0.4) is 0 Å². The van der Waals surface area contributed by atoms with E-state index >= 15 is 0 Å². The van der Waals surface area contributed by atoms with Crippen molar-refractivity contribution in [3.63, 3.8) is 0 Å². The number of aliphatic carboxylic acids is 1. The van der Waals surface area contributed by atoms with Crippen molar-refractivity contribution in [3.8, 4) is 0 Å². The van der Waals surface area contributed by atoms with E-state index in [9.17, 15) is 9.59 Å². The number of nitrogens with two attached hydrogens (primary N) is 1. The zero-order chi connectivity index (χ0) is 9.14. The van der Waals surface area contributed by atoms with E-state index in [0.717, 1.165) is 0 Å². The number of carbonyl (C=O) groups is 2. The van der Waals surface area contributed by atoms with E-state index in [1.54, 1.807) is 0 Å². The van der Waals surface area contributed by atoms with Gasteiger partial charge in [-0.25, -0.2) is 0 Å². The monoisotopic (exact) mass is 172 g/mol. The molecule has 1 fully saturated rings. The van der Waals surface area contributed by atoms with E-state index in [1.165, 1.54) is 0 Å². The molecule has 1 amide bonds. The minimum Gasteiger partial charge on any atom is -0.481 e. The number of primary amides is 1. The second-order valence-electron chi connectivity index (χ2n) is 2.97. The average Bonchev–Trinajstić information content (AvgIpc) is 2.04. The summed E-state index contributed by atoms with van der Waals surface area (Å²) in [5, 5.41) is 11.5. The Morgan fingerprint density at radius 3 is 2.67 bits per heavy atom. The van der Waals surface area contributed by atoms with Gasteiger partial charge in [0, 0.05) is 0 Å². The molecule has 1 heterocycles. The van der Waals surface area contributed by atoms with Crippen LogP contribution in [0.25, 0.3) is 0 Å². The van der Waals surface area contributed by atoms with Gasteiger partial charge in [0.15, 0.2) is 0 Å². The molecule has 0 aromatic heterocycles. The van der Waals surface area contributed by atoms with Crippen molar-refractivity contribution >= 4 is 11.9 Å². The first-order valence-electron chi connectivity index (χ1n) is 3.86. The van der Waals surface area contributed by atoms with Crippen LogP contribution in [0.15, 0.2) is 0 Å². The third kappa shape index (κ3) is 1.94. The van der Waals surface area contributed by atoms with Gasteiger partial charge in [0.25, 0.3) is 0 Å². The highest BCUT2D eigenvalue weighted by molar-refractivity contribution is 5.81. The van der Waals surface area contributed by atoms with E-state index in [4.69, 9.17) is 10.8 Å². The molecule has 0 spiro atoms. The maximum atomic E-state index is 10.7. The molecule has 5 heteroatoms. The molecule has 68 valence electrons. The number of hydrogen-bond donors (Lipinski definition) is 3. The fraction of sp³-hybridized carbons (Fsp3) is 0.714. The van der Waals surface area contributed by atoms with Crippen molar-refractivity contribution in [1.82, 2.24) is 5.32 Å². The van der Waals surface area contributed by atoms with E-state index < -0.39 is 23.8 Å². The molecule has 1 aliphatic heterocycles. The van der Waals surface area contributed by atoms with Crippen LogP contribution in [0.5, 0.6) is 0 Å². The van der Waals surface area contributed by atoms with E-state index in [2.05, 4.69) is 5.32 Å². The van der Waals surface area contributed by atoms with Crippen molar-refractivity contribution in [3.05, 3.63) is 0 Å². The standard InChI is InChI=1S/C7H12N2O3/c8-6(10)5-3-4(7(11)12)1-2-9-5/h4-5,9H,1-3H2,(H2,8,10)(H,11,12)/t4-,5-/m0/s1. The van der Waals surface area contributed by atoms with Crippen LogP contribution in [-0.2, 0) is 9.59 Å². The summed E-state index contributed by atoms with van der Waals surface area (Å²) in [5.74, 6) is -1.74. The summed E-state index contributed by atoms with van der Waals surface area (Å²) in [6.45, 7) is 0.546. The number of nitrogens with one attached hydrogen (secondary N) is 1. The lowest BCUT2D eigenvalue weighted by Crippen LogP contribution is -2.48. The molecule has 0 saturated carbocycles. The minimum absolute atomic E-state index is 0.310. The molecular weight excluding hydrogens is 160 g/mol. The van der Waals surface area contributed by atoms with Crippen LogP contribution >= 0.6 is 0 Å². The first-order chi connectivity index (χ1) is 5.61. The summed E-state index contributed by atoms with van der Waals surface area (Å²) in [5.41, 5.74) is 5.04. The third-order valence-corrected chi connectivity index (χ3v) is 2.10. The fourth-order valence-corrected chi connectivity index (χ4v) is 1.36. The smallest absolute Gasteiger partial charge is 0.306 e. The minimum atomic E-state index is -0.845. The Kier molecular flexibility index (Phi) is 2.65. The van der Waals surface area contributed by atoms with Gasteiger partial charge in [-0.1, -0.05) is 0 Å². The Labute approximate surface area is 69.9 Å². The Morgan fingerprint density at radius 1 is 1.50 bits per heavy atom. The SMILES string of the molecule is NC(=O)[C@@H]1C[C@@H](C(=O)O)CCN1. The van der Waals surface area contributed by atoms with E-state index in [1.807, 2.05) is 0 Å². The number of carboxylic acids is 1. The van der Waals surface area contributed by atoms with Crippen molar-refractivity contribution in [1.29, 1.82) is 0 Å². The zero-order valence-corrected chi connectivity index (χ0v) is 6.62. The molecule has 4 N–H and O–H groups in total. The van der Waals surface area contributed by atoms with Crippen molar-refractivity contribution in [2.24, 2.45) is 11.7 Å². The van der Waals surface area contributed by atoms with E-state index in [0.29, 0.717) is 19.4 Å². The largest absolute Gasteiger partial charge is 0.481 e. The van der Waals surface area contributed by atoms with Gasteiger partial charge in [-0.05, 0) is 19.4 Å². The molecule has 5 nitrogen and oxygen atoms in total. The zero-order valence-electron chi connectivity index (χ0n) is 6.62. The van der Waals surface area contributed by atoms with Gasteiger partial charge in [0.2, 0.25) is 5.91 Å². The quantitative estimate of drug-likeness (QED) is 0.494. The predicted octanol–water partition coefficient (Wildman–Crippen LogP) is -1.08. The lowest BCUT2D eigenvalue weighted by molar-refractivity contribution is -0.143. The van der Waals surface area contributed by atoms with Gasteiger partial charge in [0.1, 0.15) is 0 Å². The summed E-state index contributed by atoms with van der Waals surface area (Å²) in [6.07, 6.45) is 0.879. The molecule has 0 aromatic carbocycles. The van der Waals surface area contributed by atoms with Crippen LogP contribution in [-0.4, -0.2) is 29.6 Å². The van der Waals surface area contributed by atoms with Gasteiger partial charge < -0.3 is 16.2 Å². The van der Waals surface area contributed by atoms with Gasteiger partial charge in [0.05, 0.1) is 12.0 Å². The molecule has 0 unspecified atom stereocenters. The Hall–Kier alpha value is -1.10. The highest BCUT2D eigenvalue weighted by Crippen LogP contribution is 2.15. The number of carboxylic acid groups (broad SMARTS) is 1. The average molecular weight is 172 g/mol. The number of rotatable bonds is 2. The predicted molar refractivity (Wildman–Crippen MR) is 41.3 cm³/mol. The molecule has 12 heavy (non-hydrogen) atoms. The first-order valence-corrected chi connectivity index (χ1v) is 3.86. The molecule has 1 aliphatic rings. The van der Waals surface area contributed by atoms with Crippen LogP contribution in [0.2, 0.25) is 0 Å². The second kappa shape index (κ2) is 3.53. The molecule has 0 aromatic rings. The first kappa shape index (κ1) is 8.99. The lowest BCUT2D eigenvalue weighted by atomic mass is 9.92. The van der Waals surface area contributed by atoms with Gasteiger partial charge in [-0.15, -0.1) is 0 Å². The molecule has 0 aliphatic carbocycles. The molecular formula is C7H12N2O3. The molecule has 0 radical (unpaired) electrons. The number of hydrogen-bond acceptors (Lipinski definition) is 3. The number of piperidine rings is 1. The Morgan fingerprint density at radius 2 is 2.17 bits per heavy atom. The molecule has 0 bridgehead atoms. The van der Waals surface area contributed by atoms with Crippen molar-refractivity contribution in [2.45, 2.75) is 18.9 Å². The maximum absolute atomic E-state index is 10.7. The Balaban J connectivity index is 2.51. The highest BCUT2D eigenvalue weighted by atomic mass is 16.4. The van der Waals surface area contributed by atoms with Crippen LogP contribution < -0.4 is 11.1 Å². The van der Waals surface area contributed by atoms with Crippen LogP contribution in [0, 0.1) is 5.92 Å². The Bertz CT molecular complexity index is 185. The lowest BCUT2D eigenvalue weighted by Gasteiger charge is -2.25. The molecule has 2 atom stereocenters. The summed E-state index contributed by atoms with van der Waals surface area (Å²) >= 11 is 0. The van der Waals surface area contributed by atoms with Crippen LogP contribution in [0.4, 0.5) is 0 Å². The van der Waals surface area contributed by atoms with Crippen molar-refractivity contribution < 1.29 is 14.7 Å². The summed E-state index contributed by atoms with van der Waals surface area (Å²) in [6, 6.07) is -0.472. The molecule has 1 rings (SSSR count). The maximum Gasteiger partial charge on any atom is 0.306 e. The van der Waals surface area contributed by atoms with Gasteiger partial charge in [-0.2, -0.15) is 0 Å². The number of amides is 1. The fourth-order valence-electron chi connectivity index (χ4n) is 1.36. The summed E-state index contributed by atoms with van der Waals surface area (Å²) < 4.78 is 0. The van der Waals surface area contributed by atoms with Gasteiger partial charge in [-0.3, -0.25) is 9.59 Å². The normalized spacial score (nSPS) is 29.7.